The van der Waals surface area contributed by atoms with E-state index in [1.165, 1.54) is 6.33 Å². The van der Waals surface area contributed by atoms with Gasteiger partial charge in [0.25, 0.3) is 0 Å². The molecule has 0 aliphatic rings. The molecule has 0 amide bonds. The Balaban J connectivity index is 2.27. The lowest BCUT2D eigenvalue weighted by Crippen LogP contribution is -2.05. The van der Waals surface area contributed by atoms with Gasteiger partial charge in [-0.3, -0.25) is 4.98 Å². The van der Waals surface area contributed by atoms with Crippen LogP contribution >= 0.6 is 0 Å². The van der Waals surface area contributed by atoms with E-state index in [1.807, 2.05) is 10.6 Å². The molecule has 0 spiro atoms. The highest BCUT2D eigenvalue weighted by atomic mass is 16.4. The van der Waals surface area contributed by atoms with Gasteiger partial charge in [0.2, 0.25) is 0 Å². The third-order valence-corrected chi connectivity index (χ3v) is 3.06. The molecule has 0 fully saturated rings. The third-order valence-electron chi connectivity index (χ3n) is 3.06. The Labute approximate surface area is 114 Å². The van der Waals surface area contributed by atoms with E-state index in [1.54, 1.807) is 12.4 Å². The molecule has 0 aliphatic heterocycles. The quantitative estimate of drug-likeness (QED) is 0.755. The van der Waals surface area contributed by atoms with Crippen molar-refractivity contribution in [3.63, 3.8) is 0 Å². The number of aromatic amines is 1. The molecule has 0 atom stereocenters. The predicted octanol–water partition coefficient (Wildman–Crippen LogP) is 1.93. The summed E-state index contributed by atoms with van der Waals surface area (Å²) in [6, 6.07) is 1.87. The van der Waals surface area contributed by atoms with Crippen LogP contribution in [0.4, 0.5) is 0 Å². The number of imidazole rings is 2. The molecule has 3 aromatic rings. The van der Waals surface area contributed by atoms with Crippen LogP contribution in [0.15, 0.2) is 24.8 Å². The van der Waals surface area contributed by atoms with Crippen molar-refractivity contribution >= 4 is 17.0 Å². The third kappa shape index (κ3) is 1.83. The van der Waals surface area contributed by atoms with Crippen LogP contribution in [0.3, 0.4) is 0 Å². The van der Waals surface area contributed by atoms with E-state index >= 15 is 0 Å². The first-order chi connectivity index (χ1) is 9.72. The SMILES string of the molecule is CCCn1c(-c2nc[nH]c2C(=O)O)nc2cnccc21. The molecule has 0 saturated heterocycles. The van der Waals surface area contributed by atoms with E-state index in [4.69, 9.17) is 0 Å². The Morgan fingerprint density at radius 2 is 2.35 bits per heavy atom. The molecule has 102 valence electrons. The normalized spacial score (nSPS) is 11.1. The van der Waals surface area contributed by atoms with Gasteiger partial charge in [0.05, 0.1) is 18.0 Å². The van der Waals surface area contributed by atoms with Crippen LogP contribution in [-0.2, 0) is 6.54 Å². The van der Waals surface area contributed by atoms with Gasteiger partial charge in [-0.15, -0.1) is 0 Å². The molecule has 3 rings (SSSR count). The van der Waals surface area contributed by atoms with Crippen LogP contribution in [0.5, 0.6) is 0 Å². The zero-order valence-electron chi connectivity index (χ0n) is 10.9. The number of rotatable bonds is 4. The van der Waals surface area contributed by atoms with Gasteiger partial charge in [0, 0.05) is 12.7 Å². The van der Waals surface area contributed by atoms with Gasteiger partial charge in [-0.1, -0.05) is 6.92 Å². The molecule has 7 heteroatoms. The first kappa shape index (κ1) is 12.3. The predicted molar refractivity (Wildman–Crippen MR) is 72.4 cm³/mol. The van der Waals surface area contributed by atoms with Crippen molar-refractivity contribution < 1.29 is 9.90 Å². The van der Waals surface area contributed by atoms with E-state index < -0.39 is 5.97 Å². The number of carbonyl (C=O) groups is 1. The zero-order chi connectivity index (χ0) is 14.1. The van der Waals surface area contributed by atoms with Gasteiger partial charge in [-0.25, -0.2) is 14.8 Å². The van der Waals surface area contributed by atoms with E-state index in [0.29, 0.717) is 11.5 Å². The number of hydrogen-bond donors (Lipinski definition) is 2. The number of H-pyrrole nitrogens is 1. The minimum Gasteiger partial charge on any atom is -0.477 e. The number of aromatic nitrogens is 5. The fourth-order valence-electron chi connectivity index (χ4n) is 2.24. The van der Waals surface area contributed by atoms with Crippen LogP contribution in [-0.4, -0.2) is 35.6 Å². The largest absolute Gasteiger partial charge is 0.477 e. The van der Waals surface area contributed by atoms with E-state index in [0.717, 1.165) is 24.0 Å². The highest BCUT2D eigenvalue weighted by Crippen LogP contribution is 2.25. The van der Waals surface area contributed by atoms with Gasteiger partial charge in [-0.2, -0.15) is 0 Å². The lowest BCUT2D eigenvalue weighted by atomic mass is 10.3. The molecule has 3 aromatic heterocycles. The molecule has 0 bridgehead atoms. The Morgan fingerprint density at radius 1 is 1.50 bits per heavy atom. The van der Waals surface area contributed by atoms with Crippen molar-refractivity contribution in [3.8, 4) is 11.5 Å². The second kappa shape index (κ2) is 4.76. The Morgan fingerprint density at radius 3 is 3.10 bits per heavy atom. The summed E-state index contributed by atoms with van der Waals surface area (Å²) >= 11 is 0. The van der Waals surface area contributed by atoms with Crippen molar-refractivity contribution in [1.29, 1.82) is 0 Å². The number of nitrogens with zero attached hydrogens (tertiary/aromatic N) is 4. The summed E-state index contributed by atoms with van der Waals surface area (Å²) < 4.78 is 1.97. The lowest BCUT2D eigenvalue weighted by molar-refractivity contribution is 0.0692. The summed E-state index contributed by atoms with van der Waals surface area (Å²) in [5, 5.41) is 9.19. The summed E-state index contributed by atoms with van der Waals surface area (Å²) in [7, 11) is 0. The topological polar surface area (TPSA) is 96.7 Å². The molecule has 7 nitrogen and oxygen atoms in total. The molecular formula is C13H13N5O2. The summed E-state index contributed by atoms with van der Waals surface area (Å²) in [4.78, 5) is 26.5. The van der Waals surface area contributed by atoms with Gasteiger partial charge >= 0.3 is 5.97 Å². The maximum absolute atomic E-state index is 11.2. The van der Waals surface area contributed by atoms with Gasteiger partial charge < -0.3 is 14.7 Å². The van der Waals surface area contributed by atoms with Crippen molar-refractivity contribution in [2.75, 3.05) is 0 Å². The molecule has 0 radical (unpaired) electrons. The Hall–Kier alpha value is -2.70. The maximum Gasteiger partial charge on any atom is 0.354 e. The van der Waals surface area contributed by atoms with Crippen LogP contribution in [0, 0.1) is 0 Å². The van der Waals surface area contributed by atoms with Crippen molar-refractivity contribution in [1.82, 2.24) is 24.5 Å². The number of aryl methyl sites for hydroxylation is 1. The number of pyridine rings is 1. The van der Waals surface area contributed by atoms with Gasteiger partial charge in [-0.05, 0) is 12.5 Å². The molecule has 3 heterocycles. The van der Waals surface area contributed by atoms with Crippen molar-refractivity contribution in [3.05, 3.63) is 30.5 Å². The smallest absolute Gasteiger partial charge is 0.354 e. The Bertz CT molecular complexity index is 774. The highest BCUT2D eigenvalue weighted by Gasteiger charge is 2.20. The first-order valence-electron chi connectivity index (χ1n) is 6.29. The summed E-state index contributed by atoms with van der Waals surface area (Å²) in [5.74, 6) is -0.501. The number of fused-ring (bicyclic) bond motifs is 1. The zero-order valence-corrected chi connectivity index (χ0v) is 10.9. The molecule has 0 unspecified atom stereocenters. The fraction of sp³-hybridized carbons (Fsp3) is 0.231. The molecule has 20 heavy (non-hydrogen) atoms. The maximum atomic E-state index is 11.2. The molecular weight excluding hydrogens is 258 g/mol. The van der Waals surface area contributed by atoms with Gasteiger partial charge in [0.1, 0.15) is 11.2 Å². The standard InChI is InChI=1S/C13H13N5O2/c1-2-5-18-9-3-4-14-6-8(9)17-12(18)10-11(13(19)20)16-7-15-10/h3-4,6-7H,2,5H2,1H3,(H,15,16)(H,19,20). The fourth-order valence-corrected chi connectivity index (χ4v) is 2.24. The average Bonchev–Trinajstić information content (AvgIpc) is 3.04. The number of hydrogen-bond acceptors (Lipinski definition) is 4. The Kier molecular flexibility index (Phi) is 2.94. The van der Waals surface area contributed by atoms with Crippen molar-refractivity contribution in [2.45, 2.75) is 19.9 Å². The van der Waals surface area contributed by atoms with Crippen molar-refractivity contribution in [2.24, 2.45) is 0 Å². The van der Waals surface area contributed by atoms with Crippen LogP contribution < -0.4 is 0 Å². The number of carboxylic acids is 1. The highest BCUT2D eigenvalue weighted by molar-refractivity contribution is 5.93. The van der Waals surface area contributed by atoms with Crippen LogP contribution in [0.25, 0.3) is 22.6 Å². The average molecular weight is 271 g/mol. The second-order valence-electron chi connectivity index (χ2n) is 4.38. The monoisotopic (exact) mass is 271 g/mol. The number of carboxylic acid groups (broad SMARTS) is 1. The summed E-state index contributed by atoms with van der Waals surface area (Å²) in [6.07, 6.45) is 5.64. The van der Waals surface area contributed by atoms with E-state index in [-0.39, 0.29) is 5.69 Å². The number of nitrogens with one attached hydrogen (secondary N) is 1. The molecule has 0 saturated carbocycles. The summed E-state index contributed by atoms with van der Waals surface area (Å²) in [5.41, 5.74) is 2.05. The molecule has 0 aromatic carbocycles. The lowest BCUT2D eigenvalue weighted by Gasteiger charge is -2.06. The van der Waals surface area contributed by atoms with E-state index in [9.17, 15) is 9.90 Å². The first-order valence-corrected chi connectivity index (χ1v) is 6.29. The van der Waals surface area contributed by atoms with Crippen LogP contribution in [0.2, 0.25) is 0 Å². The molecule has 2 N–H and O–H groups in total. The van der Waals surface area contributed by atoms with Gasteiger partial charge in [0.15, 0.2) is 11.5 Å². The van der Waals surface area contributed by atoms with Crippen LogP contribution in [0.1, 0.15) is 23.8 Å². The second-order valence-corrected chi connectivity index (χ2v) is 4.38. The van der Waals surface area contributed by atoms with E-state index in [2.05, 4.69) is 26.9 Å². The summed E-state index contributed by atoms with van der Waals surface area (Å²) in [6.45, 7) is 2.79. The number of aromatic carboxylic acids is 1. The molecule has 0 aliphatic carbocycles. The minimum atomic E-state index is -1.05. The minimum absolute atomic E-state index is 0.0469.